The molecule has 4 heteroatoms. The molecule has 0 radical (unpaired) electrons. The molecule has 0 spiro atoms. The highest BCUT2D eigenvalue weighted by atomic mass is 19.1. The van der Waals surface area contributed by atoms with E-state index in [-0.39, 0.29) is 12.2 Å². The first kappa shape index (κ1) is 11.8. The zero-order valence-corrected chi connectivity index (χ0v) is 9.04. The Balaban J connectivity index is 3.34. The van der Waals surface area contributed by atoms with Crippen LogP contribution in [0.4, 0.5) is 4.39 Å². The van der Waals surface area contributed by atoms with Crippen LogP contribution in [0.15, 0.2) is 12.1 Å². The maximum absolute atomic E-state index is 13.6. The van der Waals surface area contributed by atoms with Crippen LogP contribution < -0.4 is 4.74 Å². The van der Waals surface area contributed by atoms with E-state index in [0.29, 0.717) is 5.75 Å². The van der Waals surface area contributed by atoms with Crippen LogP contribution in [0.5, 0.6) is 11.5 Å². The van der Waals surface area contributed by atoms with Gasteiger partial charge in [-0.2, -0.15) is 0 Å². The average molecular weight is 214 g/mol. The summed E-state index contributed by atoms with van der Waals surface area (Å²) in [7, 11) is 1.43. The molecule has 1 aromatic carbocycles. The summed E-state index contributed by atoms with van der Waals surface area (Å²) in [5, 5.41) is 18.5. The van der Waals surface area contributed by atoms with Gasteiger partial charge >= 0.3 is 0 Å². The number of halogens is 1. The number of aromatic hydroxyl groups is 1. The van der Waals surface area contributed by atoms with Gasteiger partial charge in [0, 0.05) is 17.0 Å². The van der Waals surface area contributed by atoms with Crippen LogP contribution in [0, 0.1) is 5.82 Å². The third kappa shape index (κ3) is 2.21. The zero-order chi connectivity index (χ0) is 11.6. The molecule has 1 aromatic rings. The molecule has 84 valence electrons. The normalized spacial score (nSPS) is 11.5. The van der Waals surface area contributed by atoms with Gasteiger partial charge < -0.3 is 14.9 Å². The molecule has 0 aromatic heterocycles. The van der Waals surface area contributed by atoms with Gasteiger partial charge in [0.15, 0.2) is 11.6 Å². The van der Waals surface area contributed by atoms with Crippen LogP contribution in [0.25, 0.3) is 0 Å². The van der Waals surface area contributed by atoms with Crippen molar-refractivity contribution in [1.82, 2.24) is 0 Å². The minimum atomic E-state index is -0.754. The van der Waals surface area contributed by atoms with Crippen molar-refractivity contribution in [2.75, 3.05) is 13.7 Å². The zero-order valence-electron chi connectivity index (χ0n) is 9.04. The summed E-state index contributed by atoms with van der Waals surface area (Å²) in [5.74, 6) is -0.814. The third-order valence-corrected chi connectivity index (χ3v) is 2.39. The van der Waals surface area contributed by atoms with Crippen LogP contribution in [0.2, 0.25) is 0 Å². The summed E-state index contributed by atoms with van der Waals surface area (Å²) in [6, 6.07) is 2.68. The van der Waals surface area contributed by atoms with Gasteiger partial charge in [-0.15, -0.1) is 0 Å². The van der Waals surface area contributed by atoms with Gasteiger partial charge in [-0.05, 0) is 6.07 Å². The molecule has 0 atom stereocenters. The molecular weight excluding hydrogens is 199 g/mol. The first-order chi connectivity index (χ1) is 6.92. The Bertz CT molecular complexity index is 361. The third-order valence-electron chi connectivity index (χ3n) is 2.39. The van der Waals surface area contributed by atoms with E-state index in [1.165, 1.54) is 19.2 Å². The van der Waals surface area contributed by atoms with Crippen LogP contribution in [-0.2, 0) is 5.41 Å². The fraction of sp³-hybridized carbons (Fsp3) is 0.455. The first-order valence-corrected chi connectivity index (χ1v) is 4.60. The van der Waals surface area contributed by atoms with Crippen LogP contribution in [0.1, 0.15) is 19.4 Å². The fourth-order valence-electron chi connectivity index (χ4n) is 1.28. The number of aliphatic hydroxyl groups is 1. The van der Waals surface area contributed by atoms with E-state index < -0.39 is 17.0 Å². The maximum atomic E-state index is 13.6. The number of rotatable bonds is 3. The Labute approximate surface area is 88.1 Å². The van der Waals surface area contributed by atoms with Gasteiger partial charge in [0.25, 0.3) is 0 Å². The number of phenolic OH excluding ortho intramolecular Hbond substituents is 1. The van der Waals surface area contributed by atoms with Crippen molar-refractivity contribution in [3.8, 4) is 11.5 Å². The second-order valence-corrected chi connectivity index (χ2v) is 4.05. The molecule has 2 N–H and O–H groups in total. The van der Waals surface area contributed by atoms with E-state index in [1.54, 1.807) is 13.8 Å². The van der Waals surface area contributed by atoms with E-state index in [9.17, 15) is 9.50 Å². The van der Waals surface area contributed by atoms with E-state index >= 15 is 0 Å². The Kier molecular flexibility index (Phi) is 3.19. The lowest BCUT2D eigenvalue weighted by Gasteiger charge is -2.23. The number of aliphatic hydroxyl groups excluding tert-OH is 1. The van der Waals surface area contributed by atoms with E-state index in [4.69, 9.17) is 9.84 Å². The standard InChI is InChI=1S/C11H15FO3/c1-11(2,6-13)8-4-7(15-3)5-9(14)10(8)12/h4-5,13-14H,6H2,1-3H3. The molecule has 0 unspecified atom stereocenters. The number of methoxy groups -OCH3 is 1. The lowest BCUT2D eigenvalue weighted by Crippen LogP contribution is -2.23. The molecule has 3 nitrogen and oxygen atoms in total. The van der Waals surface area contributed by atoms with E-state index in [2.05, 4.69) is 0 Å². The topological polar surface area (TPSA) is 49.7 Å². The maximum Gasteiger partial charge on any atom is 0.168 e. The van der Waals surface area contributed by atoms with Crippen LogP contribution in [0.3, 0.4) is 0 Å². The smallest absolute Gasteiger partial charge is 0.168 e. The monoisotopic (exact) mass is 214 g/mol. The summed E-state index contributed by atoms with van der Waals surface area (Å²) in [4.78, 5) is 0. The van der Waals surface area contributed by atoms with Gasteiger partial charge in [-0.25, -0.2) is 4.39 Å². The Morgan fingerprint density at radius 2 is 2.00 bits per heavy atom. The second kappa shape index (κ2) is 4.06. The molecule has 0 heterocycles. The van der Waals surface area contributed by atoms with Crippen molar-refractivity contribution in [2.45, 2.75) is 19.3 Å². The molecule has 0 saturated carbocycles. The van der Waals surface area contributed by atoms with Gasteiger partial charge in [-0.1, -0.05) is 13.8 Å². The molecule has 0 amide bonds. The minimum absolute atomic E-state index is 0.212. The van der Waals surface area contributed by atoms with Crippen molar-refractivity contribution in [2.24, 2.45) is 0 Å². The van der Waals surface area contributed by atoms with Crippen molar-refractivity contribution < 1.29 is 19.3 Å². The Morgan fingerprint density at radius 1 is 1.40 bits per heavy atom. The molecule has 0 aliphatic carbocycles. The van der Waals surface area contributed by atoms with Gasteiger partial charge in [-0.3, -0.25) is 0 Å². The fourth-order valence-corrected chi connectivity index (χ4v) is 1.28. The quantitative estimate of drug-likeness (QED) is 0.806. The summed E-state index contributed by atoms with van der Waals surface area (Å²) in [6.07, 6.45) is 0. The van der Waals surface area contributed by atoms with Gasteiger partial charge in [0.1, 0.15) is 5.75 Å². The number of benzene rings is 1. The van der Waals surface area contributed by atoms with Crippen molar-refractivity contribution >= 4 is 0 Å². The summed E-state index contributed by atoms with van der Waals surface area (Å²) in [5.41, 5.74) is -0.516. The van der Waals surface area contributed by atoms with Crippen LogP contribution in [-0.4, -0.2) is 23.9 Å². The van der Waals surface area contributed by atoms with E-state index in [1.807, 2.05) is 0 Å². The van der Waals surface area contributed by atoms with Crippen molar-refractivity contribution in [1.29, 1.82) is 0 Å². The number of hydrogen-bond donors (Lipinski definition) is 2. The van der Waals surface area contributed by atoms with Gasteiger partial charge in [0.05, 0.1) is 13.7 Å². The number of hydrogen-bond acceptors (Lipinski definition) is 3. The number of ether oxygens (including phenoxy) is 1. The summed E-state index contributed by atoms with van der Waals surface area (Å²) < 4.78 is 18.5. The predicted octanol–water partition coefficient (Wildman–Crippen LogP) is 1.81. The Morgan fingerprint density at radius 3 is 2.47 bits per heavy atom. The highest BCUT2D eigenvalue weighted by Crippen LogP contribution is 2.33. The predicted molar refractivity (Wildman–Crippen MR) is 54.7 cm³/mol. The van der Waals surface area contributed by atoms with Gasteiger partial charge in [0.2, 0.25) is 0 Å². The highest BCUT2D eigenvalue weighted by molar-refractivity contribution is 5.42. The lowest BCUT2D eigenvalue weighted by molar-refractivity contribution is 0.213. The second-order valence-electron chi connectivity index (χ2n) is 4.05. The van der Waals surface area contributed by atoms with Crippen molar-refractivity contribution in [3.05, 3.63) is 23.5 Å². The average Bonchev–Trinajstić information content (AvgIpc) is 2.21. The molecule has 0 bridgehead atoms. The SMILES string of the molecule is COc1cc(O)c(F)c(C(C)(C)CO)c1. The van der Waals surface area contributed by atoms with E-state index in [0.717, 1.165) is 0 Å². The highest BCUT2D eigenvalue weighted by Gasteiger charge is 2.26. The molecule has 1 rings (SSSR count). The summed E-state index contributed by atoms with van der Waals surface area (Å²) in [6.45, 7) is 3.16. The largest absolute Gasteiger partial charge is 0.505 e. The molecule has 15 heavy (non-hydrogen) atoms. The van der Waals surface area contributed by atoms with Crippen molar-refractivity contribution in [3.63, 3.8) is 0 Å². The molecule has 0 aliphatic rings. The van der Waals surface area contributed by atoms with Crippen LogP contribution >= 0.6 is 0 Å². The molecule has 0 aliphatic heterocycles. The Hall–Kier alpha value is -1.29. The lowest BCUT2D eigenvalue weighted by atomic mass is 9.85. The molecule has 0 fully saturated rings. The minimum Gasteiger partial charge on any atom is -0.505 e. The first-order valence-electron chi connectivity index (χ1n) is 4.60. The number of phenols is 1. The molecule has 0 saturated heterocycles. The summed E-state index contributed by atoms with van der Waals surface area (Å²) >= 11 is 0. The molecular formula is C11H15FO3.